The molecule has 0 spiro atoms. The van der Waals surface area contributed by atoms with Crippen LogP contribution in [0.3, 0.4) is 0 Å². The lowest BCUT2D eigenvalue weighted by Crippen LogP contribution is -2.64. The van der Waals surface area contributed by atoms with Gasteiger partial charge in [0.1, 0.15) is 12.4 Å². The van der Waals surface area contributed by atoms with Gasteiger partial charge in [0, 0.05) is 36.6 Å². The number of benzene rings is 2. The zero-order valence-electron chi connectivity index (χ0n) is 21.1. The number of quaternary nitrogens is 1. The second-order valence-corrected chi connectivity index (χ2v) is 9.84. The molecule has 0 aliphatic carbocycles. The molecule has 10 nitrogen and oxygen atoms in total. The predicted molar refractivity (Wildman–Crippen MR) is 136 cm³/mol. The molecule has 3 N–H and O–H groups in total. The smallest absolute Gasteiger partial charge is 0.251 e. The monoisotopic (exact) mass is 508 g/mol. The van der Waals surface area contributed by atoms with Gasteiger partial charge in [-0.1, -0.05) is 12.1 Å². The zero-order valence-corrected chi connectivity index (χ0v) is 21.1. The van der Waals surface area contributed by atoms with Gasteiger partial charge in [0.05, 0.1) is 36.5 Å². The first-order valence-electron chi connectivity index (χ1n) is 12.3. The Morgan fingerprint density at radius 3 is 2.57 bits per heavy atom. The fraction of sp³-hybridized carbons (Fsp3) is 0.370. The summed E-state index contributed by atoms with van der Waals surface area (Å²) in [6, 6.07) is 14.7. The third-order valence-corrected chi connectivity index (χ3v) is 7.20. The van der Waals surface area contributed by atoms with E-state index in [4.69, 9.17) is 9.94 Å². The zero-order chi connectivity index (χ0) is 26.7. The molecule has 2 heterocycles. The van der Waals surface area contributed by atoms with Crippen LogP contribution in [0.15, 0.2) is 54.6 Å². The van der Waals surface area contributed by atoms with Gasteiger partial charge in [-0.25, -0.2) is 5.48 Å². The first-order valence-corrected chi connectivity index (χ1v) is 12.3. The molecule has 3 atom stereocenters. The number of ether oxygens (including phenoxy) is 1. The maximum absolute atomic E-state index is 13.1. The van der Waals surface area contributed by atoms with E-state index in [-0.39, 0.29) is 32.2 Å². The molecule has 1 fully saturated rings. The molecule has 3 aromatic rings. The summed E-state index contributed by atoms with van der Waals surface area (Å²) in [6.45, 7) is 5.89. The van der Waals surface area contributed by atoms with Crippen molar-refractivity contribution in [2.75, 3.05) is 13.1 Å². The van der Waals surface area contributed by atoms with E-state index in [1.165, 1.54) is 0 Å². The minimum absolute atomic E-state index is 0.0382. The minimum Gasteiger partial charge on any atom is -0.633 e. The Morgan fingerprint density at radius 2 is 1.89 bits per heavy atom. The molecule has 10 heteroatoms. The summed E-state index contributed by atoms with van der Waals surface area (Å²) >= 11 is 0. The number of fused-ring (bicyclic) bond motifs is 1. The largest absolute Gasteiger partial charge is 0.633 e. The standard InChI is InChI=1S/C27H32N4O6/c1-17(2)31(36)13-12-23(27(33)29-34)24(15-31)28-26(32)19-8-10-21(11-9-19)37-16-20-14-18(3)30(35)25-7-5-4-6-22(20)25/h4-11,14,17,23-24,34H,12-13,15-16H2,1-3H3,(H,28,32)(H,29,33)/t23-,24+,31?/m0/s1. The number of aromatic nitrogens is 1. The topological polar surface area (TPSA) is 138 Å². The molecule has 1 aromatic heterocycles. The highest BCUT2D eigenvalue weighted by Gasteiger charge is 2.41. The molecule has 2 amide bonds. The van der Waals surface area contributed by atoms with Crippen molar-refractivity contribution < 1.29 is 28.9 Å². The van der Waals surface area contributed by atoms with Gasteiger partial charge < -0.3 is 25.1 Å². The van der Waals surface area contributed by atoms with Crippen LogP contribution in [0.2, 0.25) is 0 Å². The Kier molecular flexibility index (Phi) is 7.63. The Bertz CT molecular complexity index is 1300. The van der Waals surface area contributed by atoms with Crippen LogP contribution >= 0.6 is 0 Å². The average molecular weight is 509 g/mol. The molecule has 196 valence electrons. The van der Waals surface area contributed by atoms with Crippen LogP contribution in [0, 0.1) is 23.3 Å². The number of nitrogens with zero attached hydrogens (tertiary/aromatic N) is 2. The molecule has 1 aliphatic rings. The first kappa shape index (κ1) is 26.3. The number of amides is 2. The van der Waals surface area contributed by atoms with Crippen molar-refractivity contribution in [1.82, 2.24) is 10.8 Å². The van der Waals surface area contributed by atoms with E-state index in [0.29, 0.717) is 22.5 Å². The number of likely N-dealkylation sites (tertiary alicyclic amines) is 1. The number of hydroxylamine groups is 4. The third-order valence-electron chi connectivity index (χ3n) is 7.20. The van der Waals surface area contributed by atoms with Gasteiger partial charge in [-0.3, -0.25) is 14.8 Å². The van der Waals surface area contributed by atoms with E-state index in [0.717, 1.165) is 15.7 Å². The highest BCUT2D eigenvalue weighted by Crippen LogP contribution is 2.27. The maximum Gasteiger partial charge on any atom is 0.251 e. The minimum atomic E-state index is -0.720. The van der Waals surface area contributed by atoms with E-state index < -0.39 is 28.4 Å². The summed E-state index contributed by atoms with van der Waals surface area (Å²) < 4.78 is 6.30. The van der Waals surface area contributed by atoms with Crippen molar-refractivity contribution in [1.29, 1.82) is 0 Å². The summed E-state index contributed by atoms with van der Waals surface area (Å²) in [5.41, 5.74) is 4.01. The number of piperidine rings is 1. The number of hydrogen-bond donors (Lipinski definition) is 3. The number of carbonyl (C=O) groups excluding carboxylic acids is 2. The Labute approximate surface area is 215 Å². The van der Waals surface area contributed by atoms with E-state index in [9.17, 15) is 20.0 Å². The fourth-order valence-corrected chi connectivity index (χ4v) is 4.86. The van der Waals surface area contributed by atoms with Crippen LogP contribution in [0.1, 0.15) is 41.9 Å². The number of rotatable bonds is 7. The highest BCUT2D eigenvalue weighted by atomic mass is 16.5. The van der Waals surface area contributed by atoms with Gasteiger partial charge in [0.25, 0.3) is 5.91 Å². The van der Waals surface area contributed by atoms with E-state index in [1.807, 2.05) is 32.0 Å². The number of pyridine rings is 1. The van der Waals surface area contributed by atoms with Crippen molar-refractivity contribution >= 4 is 22.7 Å². The lowest BCUT2D eigenvalue weighted by Gasteiger charge is -2.52. The van der Waals surface area contributed by atoms with Crippen LogP contribution in [0.5, 0.6) is 5.75 Å². The molecule has 0 radical (unpaired) electrons. The number of hydrogen-bond acceptors (Lipinski definition) is 6. The second kappa shape index (κ2) is 10.7. The number of carbonyl (C=O) groups is 2. The van der Waals surface area contributed by atoms with Gasteiger partial charge in [-0.2, -0.15) is 4.73 Å². The lowest BCUT2D eigenvalue weighted by atomic mass is 9.89. The van der Waals surface area contributed by atoms with E-state index in [2.05, 4.69) is 5.32 Å². The summed E-state index contributed by atoms with van der Waals surface area (Å²) in [5, 5.41) is 38.2. The second-order valence-electron chi connectivity index (χ2n) is 9.84. The Balaban J connectivity index is 1.45. The van der Waals surface area contributed by atoms with Crippen LogP contribution in [0.4, 0.5) is 0 Å². The molecule has 1 aliphatic heterocycles. The molecule has 37 heavy (non-hydrogen) atoms. The first-order chi connectivity index (χ1) is 17.6. The predicted octanol–water partition coefficient (Wildman–Crippen LogP) is 2.71. The lowest BCUT2D eigenvalue weighted by molar-refractivity contribution is -0.907. The molecule has 1 unspecified atom stereocenters. The van der Waals surface area contributed by atoms with Gasteiger partial charge in [-0.15, -0.1) is 0 Å². The molecule has 1 saturated heterocycles. The van der Waals surface area contributed by atoms with E-state index >= 15 is 0 Å². The molecular formula is C27H32N4O6. The van der Waals surface area contributed by atoms with Crippen LogP contribution < -0.4 is 20.3 Å². The summed E-state index contributed by atoms with van der Waals surface area (Å²) in [4.78, 5) is 25.1. The van der Waals surface area contributed by atoms with Gasteiger partial charge in [-0.05, 0) is 44.2 Å². The summed E-state index contributed by atoms with van der Waals surface area (Å²) in [6.07, 6.45) is 0.256. The molecule has 0 bridgehead atoms. The quantitative estimate of drug-likeness (QED) is 0.148. The highest BCUT2D eigenvalue weighted by molar-refractivity contribution is 5.95. The fourth-order valence-electron chi connectivity index (χ4n) is 4.86. The van der Waals surface area contributed by atoms with Gasteiger partial charge in [0.15, 0.2) is 5.69 Å². The number of nitrogens with one attached hydrogen (secondary N) is 2. The maximum atomic E-state index is 13.1. The summed E-state index contributed by atoms with van der Waals surface area (Å²) in [7, 11) is 0. The van der Waals surface area contributed by atoms with Crippen LogP contribution in [-0.4, -0.2) is 46.8 Å². The summed E-state index contributed by atoms with van der Waals surface area (Å²) in [5.74, 6) is -1.20. The van der Waals surface area contributed by atoms with Gasteiger partial charge in [0.2, 0.25) is 11.4 Å². The van der Waals surface area contributed by atoms with Crippen LogP contribution in [-0.2, 0) is 11.4 Å². The molecular weight excluding hydrogens is 476 g/mol. The van der Waals surface area contributed by atoms with Crippen molar-refractivity contribution in [3.63, 3.8) is 0 Å². The van der Waals surface area contributed by atoms with Crippen molar-refractivity contribution in [3.8, 4) is 5.75 Å². The molecule has 4 rings (SSSR count). The van der Waals surface area contributed by atoms with Gasteiger partial charge >= 0.3 is 0 Å². The van der Waals surface area contributed by atoms with Crippen LogP contribution in [0.25, 0.3) is 10.9 Å². The van der Waals surface area contributed by atoms with Crippen molar-refractivity contribution in [2.24, 2.45) is 5.92 Å². The van der Waals surface area contributed by atoms with E-state index in [1.54, 1.807) is 48.8 Å². The Hall–Kier alpha value is -3.73. The molecule has 0 saturated carbocycles. The average Bonchev–Trinajstić information content (AvgIpc) is 2.90. The normalized spacial score (nSPS) is 21.6. The van der Waals surface area contributed by atoms with Crippen molar-refractivity contribution in [3.05, 3.63) is 81.8 Å². The number of aryl methyl sites for hydroxylation is 1. The molecule has 2 aromatic carbocycles. The number of para-hydroxylation sites is 1. The third kappa shape index (κ3) is 5.51. The SMILES string of the molecule is Cc1cc(COc2ccc(C(=O)N[C@@H]3C[N+]([O-])(C(C)C)CC[C@@H]3C(=O)NO)cc2)c2ccccc2[n+]1[O-]. The van der Waals surface area contributed by atoms with Crippen molar-refractivity contribution in [2.45, 2.75) is 45.9 Å². The Morgan fingerprint density at radius 1 is 1.19 bits per heavy atom.